The van der Waals surface area contributed by atoms with Crippen LogP contribution < -0.4 is 5.01 Å². The van der Waals surface area contributed by atoms with Crippen LogP contribution in [0.5, 0.6) is 0 Å². The molecule has 0 saturated carbocycles. The van der Waals surface area contributed by atoms with Gasteiger partial charge in [0.2, 0.25) is 0 Å². The highest BCUT2D eigenvalue weighted by molar-refractivity contribution is 5.77. The first kappa shape index (κ1) is 23.9. The van der Waals surface area contributed by atoms with E-state index in [4.69, 9.17) is 0 Å². The SMILES string of the molecule is O=[N+]([O-])c1cc([N+](=O)[O-])c(N(CCC([N+](=O)[O-])([N+](=O)[O-])[N+](=O)[O-])[N+](=O)[O-])c([N+](=O)[O-])c1. The number of nitrogens with zero attached hydrogens (tertiary/aromatic N) is 8. The largest absolute Gasteiger partial charge is 0.701 e. The molecule has 0 radical (unpaired) electrons. The molecule has 0 aliphatic rings. The maximum absolute atomic E-state index is 11.3. The van der Waals surface area contributed by atoms with Crippen LogP contribution in [0.25, 0.3) is 0 Å². The molecule has 0 atom stereocenters. The minimum atomic E-state index is -4.22. The molecule has 0 aliphatic carbocycles. The zero-order valence-corrected chi connectivity index (χ0v) is 14.4. The zero-order chi connectivity index (χ0) is 24.3. The molecule has 0 aliphatic heterocycles. The summed E-state index contributed by atoms with van der Waals surface area (Å²) < 4.78 is 0. The minimum absolute atomic E-state index is 0.0978. The molecule has 22 nitrogen and oxygen atoms in total. The van der Waals surface area contributed by atoms with E-state index in [1.807, 2.05) is 0 Å². The molecule has 0 aromatic heterocycles. The van der Waals surface area contributed by atoms with Gasteiger partial charge in [-0.2, -0.15) is 0 Å². The molecule has 1 aromatic rings. The molecule has 0 unspecified atom stereocenters. The Bertz CT molecular complexity index is 950. The number of nitro groups is 7. The second-order valence-corrected chi connectivity index (χ2v) is 5.26. The third-order valence-electron chi connectivity index (χ3n) is 3.65. The van der Waals surface area contributed by atoms with Crippen molar-refractivity contribution in [1.82, 2.24) is 0 Å². The Morgan fingerprint density at radius 1 is 0.677 bits per heavy atom. The summed E-state index contributed by atoms with van der Waals surface area (Å²) in [4.78, 5) is 67.2. The van der Waals surface area contributed by atoms with Crippen molar-refractivity contribution >= 4 is 22.7 Å². The molecule has 0 bridgehead atoms. The maximum atomic E-state index is 11.3. The summed E-state index contributed by atoms with van der Waals surface area (Å²) in [6.45, 7) is -1.67. The number of rotatable bonds is 11. The van der Waals surface area contributed by atoms with E-state index in [0.717, 1.165) is 0 Å². The van der Waals surface area contributed by atoms with Gasteiger partial charge in [-0.1, -0.05) is 5.01 Å². The standard InChI is InChI=1S/C9H6N8O14/c18-11(19)5-3-6(12(20)21)8(7(4-5)13(22)23)10(17(30)31)2-1-9(14(24)25,15(26)27)16(28)29/h3-4H,1-2H2. The van der Waals surface area contributed by atoms with Gasteiger partial charge in [-0.15, -0.1) is 0 Å². The Balaban J connectivity index is 3.76. The quantitative estimate of drug-likeness (QED) is 0.248. The van der Waals surface area contributed by atoms with Crippen LogP contribution in [0, 0.1) is 70.8 Å². The second-order valence-electron chi connectivity index (χ2n) is 5.26. The van der Waals surface area contributed by atoms with Crippen LogP contribution >= 0.6 is 0 Å². The Hall–Kier alpha value is -5.18. The lowest BCUT2D eigenvalue weighted by Gasteiger charge is -2.15. The topological polar surface area (TPSA) is 305 Å². The van der Waals surface area contributed by atoms with Crippen LogP contribution in [0.15, 0.2) is 12.1 Å². The van der Waals surface area contributed by atoms with Gasteiger partial charge in [-0.3, -0.25) is 60.7 Å². The average molecular weight is 450 g/mol. The summed E-state index contributed by atoms with van der Waals surface area (Å²) in [5.41, 5.74) is -5.92. The van der Waals surface area contributed by atoms with Crippen LogP contribution in [0.2, 0.25) is 0 Å². The molecule has 0 heterocycles. The van der Waals surface area contributed by atoms with Gasteiger partial charge in [0.05, 0.1) is 26.9 Å². The van der Waals surface area contributed by atoms with Crippen molar-refractivity contribution in [3.8, 4) is 0 Å². The van der Waals surface area contributed by atoms with Crippen molar-refractivity contribution < 1.29 is 34.6 Å². The van der Waals surface area contributed by atoms with Gasteiger partial charge in [0.15, 0.2) is 26.2 Å². The molecular weight excluding hydrogens is 444 g/mol. The molecular formula is C9H6N8O14. The number of hydrazine groups is 1. The Labute approximate surface area is 165 Å². The van der Waals surface area contributed by atoms with Crippen LogP contribution in [0.4, 0.5) is 22.7 Å². The van der Waals surface area contributed by atoms with E-state index in [1.54, 1.807) is 0 Å². The number of hydrogen-bond acceptors (Lipinski definition) is 14. The average Bonchev–Trinajstić information content (AvgIpc) is 2.62. The van der Waals surface area contributed by atoms with E-state index in [2.05, 4.69) is 0 Å². The van der Waals surface area contributed by atoms with Crippen LogP contribution in [-0.2, 0) is 0 Å². The first-order valence-electron chi connectivity index (χ1n) is 7.15. The summed E-state index contributed by atoms with van der Waals surface area (Å²) in [5, 5.41) is 75.2. The predicted molar refractivity (Wildman–Crippen MR) is 89.1 cm³/mol. The third-order valence-corrected chi connectivity index (χ3v) is 3.65. The van der Waals surface area contributed by atoms with Gasteiger partial charge in [-0.05, 0) is 0 Å². The summed E-state index contributed by atoms with van der Waals surface area (Å²) in [7, 11) is 0. The molecule has 0 fully saturated rings. The highest BCUT2D eigenvalue weighted by Gasteiger charge is 2.70. The normalized spacial score (nSPS) is 10.7. The van der Waals surface area contributed by atoms with Crippen molar-refractivity contribution in [2.24, 2.45) is 0 Å². The number of non-ortho nitro benzene ring substituents is 1. The minimum Gasteiger partial charge on any atom is -0.258 e. The highest BCUT2D eigenvalue weighted by Crippen LogP contribution is 2.41. The van der Waals surface area contributed by atoms with Crippen LogP contribution in [-0.4, -0.2) is 46.9 Å². The van der Waals surface area contributed by atoms with Gasteiger partial charge >= 0.3 is 17.2 Å². The maximum Gasteiger partial charge on any atom is 0.701 e. The molecule has 31 heavy (non-hydrogen) atoms. The molecule has 0 saturated heterocycles. The zero-order valence-electron chi connectivity index (χ0n) is 14.4. The van der Waals surface area contributed by atoms with E-state index in [1.165, 1.54) is 0 Å². The molecule has 0 N–H and O–H groups in total. The van der Waals surface area contributed by atoms with E-state index >= 15 is 0 Å². The lowest BCUT2D eigenvalue weighted by molar-refractivity contribution is -0.970. The fourth-order valence-corrected chi connectivity index (χ4v) is 2.24. The van der Waals surface area contributed by atoms with Gasteiger partial charge in [0.25, 0.3) is 11.4 Å². The van der Waals surface area contributed by atoms with Crippen molar-refractivity contribution in [2.75, 3.05) is 11.6 Å². The van der Waals surface area contributed by atoms with E-state index in [9.17, 15) is 70.8 Å². The number of nitro benzene ring substituents is 3. The second kappa shape index (κ2) is 8.45. The molecule has 166 valence electrons. The fraction of sp³-hybridized carbons (Fsp3) is 0.333. The fourth-order valence-electron chi connectivity index (χ4n) is 2.24. The van der Waals surface area contributed by atoms with E-state index in [0.29, 0.717) is 0 Å². The summed E-state index contributed by atoms with van der Waals surface area (Å²) >= 11 is 0. The molecule has 1 aromatic carbocycles. The van der Waals surface area contributed by atoms with Crippen molar-refractivity contribution in [3.63, 3.8) is 0 Å². The highest BCUT2D eigenvalue weighted by atomic mass is 16.7. The lowest BCUT2D eigenvalue weighted by atomic mass is 10.1. The van der Waals surface area contributed by atoms with Crippen LogP contribution in [0.3, 0.4) is 0 Å². The van der Waals surface area contributed by atoms with Crippen LogP contribution in [0.1, 0.15) is 6.42 Å². The number of hydrogen-bond donors (Lipinski definition) is 0. The van der Waals surface area contributed by atoms with Gasteiger partial charge in [-0.25, -0.2) is 10.1 Å². The van der Waals surface area contributed by atoms with E-state index in [-0.39, 0.29) is 12.1 Å². The van der Waals surface area contributed by atoms with Gasteiger partial charge in [0, 0.05) is 0 Å². The van der Waals surface area contributed by atoms with Crippen molar-refractivity contribution in [1.29, 1.82) is 0 Å². The molecule has 0 spiro atoms. The first-order valence-corrected chi connectivity index (χ1v) is 7.15. The summed E-state index contributed by atoms with van der Waals surface area (Å²) in [6, 6.07) is 0.196. The lowest BCUT2D eigenvalue weighted by Crippen LogP contribution is -2.55. The number of anilines is 1. The summed E-state index contributed by atoms with van der Waals surface area (Å²) in [6.07, 6.45) is -1.87. The monoisotopic (exact) mass is 450 g/mol. The third kappa shape index (κ3) is 4.30. The first-order chi connectivity index (χ1) is 14.2. The van der Waals surface area contributed by atoms with Gasteiger partial charge in [0.1, 0.15) is 6.54 Å². The Morgan fingerprint density at radius 2 is 1.06 bits per heavy atom. The Morgan fingerprint density at radius 3 is 1.32 bits per heavy atom. The van der Waals surface area contributed by atoms with Crippen molar-refractivity contribution in [2.45, 2.75) is 12.2 Å². The Kier molecular flexibility index (Phi) is 6.50. The smallest absolute Gasteiger partial charge is 0.258 e. The van der Waals surface area contributed by atoms with E-state index < -0.39 is 81.1 Å². The number of benzene rings is 1. The predicted octanol–water partition coefficient (Wildman–Crippen LogP) is 0.283. The molecule has 0 amide bonds. The molecule has 1 rings (SSSR count). The van der Waals surface area contributed by atoms with Gasteiger partial charge < -0.3 is 0 Å². The summed E-state index contributed by atoms with van der Waals surface area (Å²) in [5.74, 6) is -4.22. The van der Waals surface area contributed by atoms with Crippen molar-refractivity contribution in [3.05, 3.63) is 82.9 Å². The molecule has 22 heteroatoms.